The number of hydrogen-bond donors (Lipinski definition) is 2. The number of nitrogens with one attached hydrogen (secondary N) is 2. The van der Waals surface area contributed by atoms with Crippen LogP contribution in [0.4, 0.5) is 0 Å². The highest BCUT2D eigenvalue weighted by atomic mass is 14.5. The molecule has 90 valence electrons. The summed E-state index contributed by atoms with van der Waals surface area (Å²) in [7, 11) is 0. The summed E-state index contributed by atoms with van der Waals surface area (Å²) >= 11 is 0. The molecule has 2 aromatic rings. The molecule has 0 unspecified atom stereocenters. The molecule has 0 amide bonds. The summed E-state index contributed by atoms with van der Waals surface area (Å²) in [6.45, 7) is 3.73. The molecule has 18 heavy (non-hydrogen) atoms. The quantitative estimate of drug-likeness (QED) is 0.755. The summed E-state index contributed by atoms with van der Waals surface area (Å²) in [5, 5.41) is 15.2. The van der Waals surface area contributed by atoms with E-state index < -0.39 is 0 Å². The zero-order valence-electron chi connectivity index (χ0n) is 10.6. The van der Waals surface area contributed by atoms with E-state index in [-0.39, 0.29) is 5.71 Å². The van der Waals surface area contributed by atoms with Crippen LogP contribution in [0.3, 0.4) is 0 Å². The van der Waals surface area contributed by atoms with Crippen LogP contribution in [0.25, 0.3) is 11.1 Å². The number of aryl methyl sites for hydroxylation is 1. The van der Waals surface area contributed by atoms with E-state index in [0.29, 0.717) is 5.71 Å². The lowest BCUT2D eigenvalue weighted by molar-refractivity contribution is 1.44. The topological polar surface area (TPSA) is 47.7 Å². The van der Waals surface area contributed by atoms with Crippen molar-refractivity contribution in [3.8, 4) is 11.1 Å². The highest BCUT2D eigenvalue weighted by Crippen LogP contribution is 2.23. The zero-order chi connectivity index (χ0) is 13.1. The van der Waals surface area contributed by atoms with Crippen LogP contribution >= 0.6 is 0 Å². The van der Waals surface area contributed by atoms with Gasteiger partial charge in [0, 0.05) is 5.56 Å². The van der Waals surface area contributed by atoms with Gasteiger partial charge in [-0.1, -0.05) is 48.5 Å². The fourth-order valence-electron chi connectivity index (χ4n) is 1.93. The Morgan fingerprint density at radius 2 is 1.50 bits per heavy atom. The summed E-state index contributed by atoms with van der Waals surface area (Å²) in [5.41, 5.74) is 4.96. The van der Waals surface area contributed by atoms with Crippen molar-refractivity contribution in [2.24, 2.45) is 0 Å². The predicted octanol–water partition coefficient (Wildman–Crippen LogP) is 4.07. The van der Waals surface area contributed by atoms with Crippen molar-refractivity contribution in [3.05, 3.63) is 59.7 Å². The molecule has 0 saturated heterocycles. The molecule has 2 heteroatoms. The zero-order valence-corrected chi connectivity index (χ0v) is 10.6. The first-order valence-electron chi connectivity index (χ1n) is 5.90. The van der Waals surface area contributed by atoms with Crippen LogP contribution in [-0.2, 0) is 0 Å². The van der Waals surface area contributed by atoms with E-state index in [2.05, 4.69) is 19.1 Å². The largest absolute Gasteiger partial charge is 0.303 e. The molecule has 0 atom stereocenters. The van der Waals surface area contributed by atoms with Crippen LogP contribution in [0.15, 0.2) is 48.5 Å². The fourth-order valence-corrected chi connectivity index (χ4v) is 1.93. The predicted molar refractivity (Wildman–Crippen MR) is 76.8 cm³/mol. The van der Waals surface area contributed by atoms with Crippen molar-refractivity contribution < 1.29 is 0 Å². The molecule has 0 fully saturated rings. The van der Waals surface area contributed by atoms with Gasteiger partial charge in [-0.25, -0.2) is 0 Å². The van der Waals surface area contributed by atoms with E-state index in [4.69, 9.17) is 10.8 Å². The lowest BCUT2D eigenvalue weighted by atomic mass is 9.98. The third kappa shape index (κ3) is 2.38. The van der Waals surface area contributed by atoms with Crippen molar-refractivity contribution in [1.29, 1.82) is 10.8 Å². The van der Waals surface area contributed by atoms with E-state index in [9.17, 15) is 0 Å². The van der Waals surface area contributed by atoms with Crippen LogP contribution < -0.4 is 0 Å². The van der Waals surface area contributed by atoms with Crippen LogP contribution in [-0.4, -0.2) is 11.4 Å². The monoisotopic (exact) mass is 236 g/mol. The Hall–Kier alpha value is -2.22. The van der Waals surface area contributed by atoms with Crippen molar-refractivity contribution >= 4 is 11.4 Å². The first-order valence-corrected chi connectivity index (χ1v) is 5.90. The second kappa shape index (κ2) is 4.96. The molecule has 0 aliphatic heterocycles. The van der Waals surface area contributed by atoms with Gasteiger partial charge in [-0.3, -0.25) is 5.41 Å². The van der Waals surface area contributed by atoms with E-state index in [1.165, 1.54) is 11.1 Å². The fraction of sp³-hybridized carbons (Fsp3) is 0.125. The lowest BCUT2D eigenvalue weighted by Gasteiger charge is -2.07. The lowest BCUT2D eigenvalue weighted by Crippen LogP contribution is -2.08. The highest BCUT2D eigenvalue weighted by molar-refractivity contribution is 6.45. The van der Waals surface area contributed by atoms with Gasteiger partial charge in [0.25, 0.3) is 0 Å². The molecular formula is C16H16N2. The molecule has 2 aromatic carbocycles. The average Bonchev–Trinajstić information content (AvgIpc) is 2.38. The minimum absolute atomic E-state index is 0.284. The minimum atomic E-state index is 0.284. The molecule has 0 heterocycles. The Bertz CT molecular complexity index is 595. The summed E-state index contributed by atoms with van der Waals surface area (Å²) < 4.78 is 0. The summed E-state index contributed by atoms with van der Waals surface area (Å²) in [4.78, 5) is 0. The molecule has 2 N–H and O–H groups in total. The van der Waals surface area contributed by atoms with E-state index in [1.807, 2.05) is 36.4 Å². The second-order valence-electron chi connectivity index (χ2n) is 4.39. The van der Waals surface area contributed by atoms with Crippen LogP contribution in [0, 0.1) is 17.7 Å². The maximum Gasteiger partial charge on any atom is 0.0816 e. The standard InChI is InChI=1S/C16H16N2/c1-11-5-3-4-6-15(11)13-7-9-14(10-8-13)16(18)12(2)17/h3-10,17-18H,1-2H3. The number of benzene rings is 2. The minimum Gasteiger partial charge on any atom is -0.303 e. The van der Waals surface area contributed by atoms with Crippen molar-refractivity contribution in [2.75, 3.05) is 0 Å². The Balaban J connectivity index is 2.37. The Morgan fingerprint density at radius 1 is 0.889 bits per heavy atom. The Kier molecular flexibility index (Phi) is 3.38. The van der Waals surface area contributed by atoms with E-state index in [0.717, 1.165) is 11.1 Å². The molecular weight excluding hydrogens is 220 g/mol. The SMILES string of the molecule is CC(=N)C(=N)c1ccc(-c2ccccc2C)cc1. The van der Waals surface area contributed by atoms with Gasteiger partial charge in [0.05, 0.1) is 11.4 Å². The van der Waals surface area contributed by atoms with Crippen molar-refractivity contribution in [1.82, 2.24) is 0 Å². The molecule has 0 aliphatic carbocycles. The van der Waals surface area contributed by atoms with Crippen LogP contribution in [0.2, 0.25) is 0 Å². The Labute approximate surface area is 107 Å². The van der Waals surface area contributed by atoms with Crippen LogP contribution in [0.5, 0.6) is 0 Å². The van der Waals surface area contributed by atoms with E-state index in [1.54, 1.807) is 6.92 Å². The Morgan fingerprint density at radius 3 is 2.06 bits per heavy atom. The molecule has 0 spiro atoms. The van der Waals surface area contributed by atoms with Crippen LogP contribution in [0.1, 0.15) is 18.1 Å². The first-order chi connectivity index (χ1) is 8.59. The summed E-state index contributed by atoms with van der Waals surface area (Å²) in [6.07, 6.45) is 0. The molecule has 0 aliphatic rings. The maximum absolute atomic E-state index is 7.78. The molecule has 0 aromatic heterocycles. The van der Waals surface area contributed by atoms with Gasteiger partial charge >= 0.3 is 0 Å². The normalized spacial score (nSPS) is 10.1. The van der Waals surface area contributed by atoms with Crippen molar-refractivity contribution in [2.45, 2.75) is 13.8 Å². The molecule has 2 rings (SSSR count). The van der Waals surface area contributed by atoms with Crippen molar-refractivity contribution in [3.63, 3.8) is 0 Å². The molecule has 0 bridgehead atoms. The summed E-state index contributed by atoms with van der Waals surface area (Å²) in [6, 6.07) is 16.1. The second-order valence-corrected chi connectivity index (χ2v) is 4.39. The van der Waals surface area contributed by atoms with Gasteiger partial charge in [-0.2, -0.15) is 0 Å². The molecule has 2 nitrogen and oxygen atoms in total. The van der Waals surface area contributed by atoms with E-state index >= 15 is 0 Å². The first kappa shape index (κ1) is 12.2. The van der Waals surface area contributed by atoms with Gasteiger partial charge in [0.15, 0.2) is 0 Å². The third-order valence-corrected chi connectivity index (χ3v) is 3.00. The highest BCUT2D eigenvalue weighted by Gasteiger charge is 2.05. The average molecular weight is 236 g/mol. The summed E-state index contributed by atoms with van der Waals surface area (Å²) in [5.74, 6) is 0. The smallest absolute Gasteiger partial charge is 0.0816 e. The van der Waals surface area contributed by atoms with Gasteiger partial charge < -0.3 is 5.41 Å². The van der Waals surface area contributed by atoms with Gasteiger partial charge in [-0.05, 0) is 30.5 Å². The molecule has 0 saturated carbocycles. The van der Waals surface area contributed by atoms with Gasteiger partial charge in [-0.15, -0.1) is 0 Å². The maximum atomic E-state index is 7.78. The van der Waals surface area contributed by atoms with Gasteiger partial charge in [0.1, 0.15) is 0 Å². The molecule has 0 radical (unpaired) electrons. The van der Waals surface area contributed by atoms with Gasteiger partial charge in [0.2, 0.25) is 0 Å². The number of hydrogen-bond acceptors (Lipinski definition) is 2. The number of rotatable bonds is 3. The third-order valence-electron chi connectivity index (χ3n) is 3.00.